The zero-order chi connectivity index (χ0) is 20.9. The van der Waals surface area contributed by atoms with E-state index >= 15 is 0 Å². The van der Waals surface area contributed by atoms with Gasteiger partial charge in [0.2, 0.25) is 0 Å². The number of hydrogen-bond acceptors (Lipinski definition) is 3. The van der Waals surface area contributed by atoms with Crippen molar-refractivity contribution < 1.29 is 4.79 Å². The van der Waals surface area contributed by atoms with Crippen LogP contribution in [0, 0.1) is 0 Å². The zero-order valence-electron chi connectivity index (χ0n) is 16.4. The van der Waals surface area contributed by atoms with Crippen LogP contribution >= 0.6 is 48.8 Å². The first-order valence-electron chi connectivity index (χ1n) is 9.48. The largest absolute Gasteiger partial charge is 0.298 e. The molecule has 3 nitrogen and oxygen atoms in total. The number of benzene rings is 2. The van der Waals surface area contributed by atoms with Crippen molar-refractivity contribution in [3.05, 3.63) is 129 Å². The van der Waals surface area contributed by atoms with Gasteiger partial charge in [0.15, 0.2) is 5.78 Å². The molecule has 0 amide bonds. The molecule has 0 aliphatic carbocycles. The van der Waals surface area contributed by atoms with E-state index < -0.39 is 11.8 Å². The van der Waals surface area contributed by atoms with E-state index in [1.807, 2.05) is 72.8 Å². The number of aromatic nitrogens is 2. The minimum absolute atomic E-state index is 0. The van der Waals surface area contributed by atoms with Crippen LogP contribution in [0.4, 0.5) is 0 Å². The standard InChI is InChI=1S/C25H18Br2N2O.BrH/c26-21-9-1-5-17(13-21)23(19-7-3-11-28-15-19)25(30)24(20-8-4-12-29-16-20)18-6-2-10-22(27)14-18;/h1-16,23-24H;1H. The van der Waals surface area contributed by atoms with Gasteiger partial charge < -0.3 is 0 Å². The molecule has 6 heteroatoms. The van der Waals surface area contributed by atoms with Crippen LogP contribution in [0.2, 0.25) is 0 Å². The fourth-order valence-corrected chi connectivity index (χ4v) is 4.51. The first kappa shape index (κ1) is 23.5. The van der Waals surface area contributed by atoms with Crippen LogP contribution in [0.25, 0.3) is 0 Å². The van der Waals surface area contributed by atoms with Gasteiger partial charge in [-0.05, 0) is 58.7 Å². The Balaban J connectivity index is 0.00000272. The molecule has 0 saturated heterocycles. The molecule has 0 spiro atoms. The molecule has 2 unspecified atom stereocenters. The third kappa shape index (κ3) is 5.56. The minimum atomic E-state index is -0.458. The molecule has 0 saturated carbocycles. The SMILES string of the molecule is Br.O=C(C(c1cccnc1)c1cccc(Br)c1)C(c1cccnc1)c1cccc(Br)c1. The summed E-state index contributed by atoms with van der Waals surface area (Å²) < 4.78 is 1.86. The fourth-order valence-electron chi connectivity index (χ4n) is 3.67. The van der Waals surface area contributed by atoms with Crippen molar-refractivity contribution in [3.8, 4) is 0 Å². The van der Waals surface area contributed by atoms with E-state index in [4.69, 9.17) is 0 Å². The summed E-state index contributed by atoms with van der Waals surface area (Å²) in [6.45, 7) is 0. The molecule has 0 radical (unpaired) electrons. The van der Waals surface area contributed by atoms with E-state index in [9.17, 15) is 4.79 Å². The van der Waals surface area contributed by atoms with Crippen LogP contribution in [-0.2, 0) is 4.79 Å². The average molecular weight is 603 g/mol. The highest BCUT2D eigenvalue weighted by atomic mass is 79.9. The number of hydrogen-bond donors (Lipinski definition) is 0. The monoisotopic (exact) mass is 600 g/mol. The van der Waals surface area contributed by atoms with E-state index in [2.05, 4.69) is 41.8 Å². The van der Waals surface area contributed by atoms with Crippen molar-refractivity contribution in [1.29, 1.82) is 0 Å². The zero-order valence-corrected chi connectivity index (χ0v) is 21.2. The van der Waals surface area contributed by atoms with E-state index in [1.165, 1.54) is 0 Å². The second kappa shape index (κ2) is 10.9. The molecule has 0 aliphatic heterocycles. The molecule has 2 aromatic carbocycles. The van der Waals surface area contributed by atoms with Crippen molar-refractivity contribution in [2.24, 2.45) is 0 Å². The summed E-state index contributed by atoms with van der Waals surface area (Å²) in [5.41, 5.74) is 3.58. The summed E-state index contributed by atoms with van der Waals surface area (Å²) in [4.78, 5) is 22.7. The van der Waals surface area contributed by atoms with Gasteiger partial charge in [0, 0.05) is 33.7 Å². The average Bonchev–Trinajstić information content (AvgIpc) is 2.76. The Bertz CT molecular complexity index is 1060. The van der Waals surface area contributed by atoms with Gasteiger partial charge >= 0.3 is 0 Å². The van der Waals surface area contributed by atoms with Crippen molar-refractivity contribution in [1.82, 2.24) is 9.97 Å². The summed E-state index contributed by atoms with van der Waals surface area (Å²) in [6, 6.07) is 23.4. The van der Waals surface area contributed by atoms with Gasteiger partial charge in [0.25, 0.3) is 0 Å². The number of ketones is 1. The number of Topliss-reactive ketones (excluding diaryl/α,β-unsaturated/α-hetero) is 1. The molecule has 0 bridgehead atoms. The summed E-state index contributed by atoms with van der Waals surface area (Å²) in [6.07, 6.45) is 6.98. The van der Waals surface area contributed by atoms with Gasteiger partial charge in [0.05, 0.1) is 11.8 Å². The number of halogens is 3. The van der Waals surface area contributed by atoms with Crippen molar-refractivity contribution >= 4 is 54.6 Å². The van der Waals surface area contributed by atoms with Crippen molar-refractivity contribution in [3.63, 3.8) is 0 Å². The number of rotatable bonds is 6. The maximum atomic E-state index is 14.2. The quantitative estimate of drug-likeness (QED) is 0.236. The first-order chi connectivity index (χ1) is 14.6. The predicted molar refractivity (Wildman–Crippen MR) is 136 cm³/mol. The molecule has 31 heavy (non-hydrogen) atoms. The molecule has 2 atom stereocenters. The second-order valence-corrected chi connectivity index (χ2v) is 8.78. The lowest BCUT2D eigenvalue weighted by Gasteiger charge is -2.24. The van der Waals surface area contributed by atoms with E-state index in [0.29, 0.717) is 0 Å². The molecular weight excluding hydrogens is 584 g/mol. The molecule has 0 aliphatic rings. The Hall–Kier alpha value is -2.15. The van der Waals surface area contributed by atoms with Gasteiger partial charge in [-0.25, -0.2) is 0 Å². The van der Waals surface area contributed by atoms with Crippen LogP contribution in [-0.4, -0.2) is 15.8 Å². The van der Waals surface area contributed by atoms with Crippen molar-refractivity contribution in [2.45, 2.75) is 11.8 Å². The molecular formula is C25H19Br3N2O. The molecule has 2 heterocycles. The summed E-state index contributed by atoms with van der Waals surface area (Å²) in [5.74, 6) is -0.840. The highest BCUT2D eigenvalue weighted by Gasteiger charge is 2.32. The third-order valence-corrected chi connectivity index (χ3v) is 5.96. The lowest BCUT2D eigenvalue weighted by molar-refractivity contribution is -0.120. The summed E-state index contributed by atoms with van der Waals surface area (Å²) >= 11 is 7.09. The maximum absolute atomic E-state index is 14.2. The fraction of sp³-hybridized carbons (Fsp3) is 0.0800. The molecule has 0 N–H and O–H groups in total. The molecule has 4 aromatic rings. The smallest absolute Gasteiger partial charge is 0.156 e. The predicted octanol–water partition coefficient (Wildman–Crippen LogP) is 7.11. The molecule has 4 rings (SSSR count). The maximum Gasteiger partial charge on any atom is 0.156 e. The Morgan fingerprint density at radius 2 is 1.06 bits per heavy atom. The molecule has 2 aromatic heterocycles. The number of nitrogens with zero attached hydrogens (tertiary/aromatic N) is 2. The van der Waals surface area contributed by atoms with Crippen LogP contribution in [0.15, 0.2) is 107 Å². The molecule has 0 fully saturated rings. The summed E-state index contributed by atoms with van der Waals surface area (Å²) in [5, 5.41) is 0. The second-order valence-electron chi connectivity index (χ2n) is 6.95. The van der Waals surface area contributed by atoms with Gasteiger partial charge in [-0.15, -0.1) is 17.0 Å². The molecule has 156 valence electrons. The van der Waals surface area contributed by atoms with Gasteiger partial charge in [-0.1, -0.05) is 68.3 Å². The Labute approximate surface area is 209 Å². The van der Waals surface area contributed by atoms with Crippen LogP contribution in [0.5, 0.6) is 0 Å². The normalized spacial score (nSPS) is 12.5. The highest BCUT2D eigenvalue weighted by Crippen LogP contribution is 2.36. The topological polar surface area (TPSA) is 42.9 Å². The van der Waals surface area contributed by atoms with Gasteiger partial charge in [0.1, 0.15) is 0 Å². The Morgan fingerprint density at radius 1 is 0.645 bits per heavy atom. The van der Waals surface area contributed by atoms with Crippen LogP contribution in [0.3, 0.4) is 0 Å². The van der Waals surface area contributed by atoms with Gasteiger partial charge in [-0.3, -0.25) is 14.8 Å². The summed E-state index contributed by atoms with van der Waals surface area (Å²) in [7, 11) is 0. The lowest BCUT2D eigenvalue weighted by atomic mass is 9.78. The van der Waals surface area contributed by atoms with Crippen LogP contribution < -0.4 is 0 Å². The first-order valence-corrected chi connectivity index (χ1v) is 11.1. The van der Waals surface area contributed by atoms with Crippen molar-refractivity contribution in [2.75, 3.05) is 0 Å². The Kier molecular flexibility index (Phi) is 8.29. The van der Waals surface area contributed by atoms with E-state index in [0.717, 1.165) is 31.2 Å². The number of pyridine rings is 2. The number of carbonyl (C=O) groups excluding carboxylic acids is 1. The van der Waals surface area contributed by atoms with Gasteiger partial charge in [-0.2, -0.15) is 0 Å². The Morgan fingerprint density at radius 3 is 1.42 bits per heavy atom. The lowest BCUT2D eigenvalue weighted by Crippen LogP contribution is -2.23. The minimum Gasteiger partial charge on any atom is -0.298 e. The van der Waals surface area contributed by atoms with E-state index in [1.54, 1.807) is 24.8 Å². The van der Waals surface area contributed by atoms with E-state index in [-0.39, 0.29) is 22.8 Å². The third-order valence-electron chi connectivity index (χ3n) is 4.97. The highest BCUT2D eigenvalue weighted by molar-refractivity contribution is 9.10. The number of carbonyl (C=O) groups is 1. The van der Waals surface area contributed by atoms with Crippen LogP contribution in [0.1, 0.15) is 34.1 Å².